The molecule has 0 aliphatic heterocycles. The van der Waals surface area contributed by atoms with Crippen molar-refractivity contribution in [2.75, 3.05) is 0 Å². The minimum absolute atomic E-state index is 0.316. The summed E-state index contributed by atoms with van der Waals surface area (Å²) in [6.07, 6.45) is 1.96. The van der Waals surface area contributed by atoms with Gasteiger partial charge in [-0.25, -0.2) is 0 Å². The second kappa shape index (κ2) is 5.24. The van der Waals surface area contributed by atoms with Gasteiger partial charge in [0.15, 0.2) is 0 Å². The molecule has 0 spiro atoms. The highest BCUT2D eigenvalue weighted by molar-refractivity contribution is 7.12. The van der Waals surface area contributed by atoms with Crippen LogP contribution in [0.25, 0.3) is 0 Å². The van der Waals surface area contributed by atoms with Crippen LogP contribution in [0, 0.1) is 13.8 Å². The van der Waals surface area contributed by atoms with Crippen LogP contribution in [0.2, 0.25) is 0 Å². The Balaban J connectivity index is 2.07. The molecule has 2 atom stereocenters. The lowest BCUT2D eigenvalue weighted by molar-refractivity contribution is 0.498. The van der Waals surface area contributed by atoms with Gasteiger partial charge in [0.25, 0.3) is 0 Å². The Kier molecular flexibility index (Phi) is 3.88. The van der Waals surface area contributed by atoms with Gasteiger partial charge in [-0.1, -0.05) is 0 Å². The number of rotatable bonds is 4. The molecule has 0 aliphatic carbocycles. The topological polar surface area (TPSA) is 29.9 Å². The molecule has 2 aromatic rings. The van der Waals surface area contributed by atoms with Gasteiger partial charge in [0.1, 0.15) is 0 Å². The van der Waals surface area contributed by atoms with Crippen molar-refractivity contribution in [1.82, 2.24) is 15.1 Å². The summed E-state index contributed by atoms with van der Waals surface area (Å²) in [5, 5.41) is 7.94. The summed E-state index contributed by atoms with van der Waals surface area (Å²) in [6.45, 7) is 8.67. The third kappa shape index (κ3) is 2.65. The highest BCUT2D eigenvalue weighted by Crippen LogP contribution is 2.25. The van der Waals surface area contributed by atoms with Gasteiger partial charge in [-0.15, -0.1) is 11.3 Å². The Hall–Kier alpha value is -1.13. The number of thiophene rings is 1. The molecule has 0 aliphatic rings. The lowest BCUT2D eigenvalue weighted by Crippen LogP contribution is -2.22. The molecule has 0 aromatic carbocycles. The molecule has 4 heteroatoms. The largest absolute Gasteiger partial charge is 0.303 e. The van der Waals surface area contributed by atoms with Crippen molar-refractivity contribution in [3.8, 4) is 0 Å². The van der Waals surface area contributed by atoms with E-state index in [2.05, 4.69) is 50.2 Å². The summed E-state index contributed by atoms with van der Waals surface area (Å²) >= 11 is 1.86. The molecule has 3 nitrogen and oxygen atoms in total. The molecule has 2 aromatic heterocycles. The van der Waals surface area contributed by atoms with E-state index in [4.69, 9.17) is 0 Å². The van der Waals surface area contributed by atoms with Crippen molar-refractivity contribution in [2.45, 2.75) is 39.8 Å². The summed E-state index contributed by atoms with van der Waals surface area (Å²) in [7, 11) is 1.98. The zero-order chi connectivity index (χ0) is 13.3. The first-order valence-electron chi connectivity index (χ1n) is 6.30. The first-order chi connectivity index (χ1) is 8.49. The molecule has 1 N–H and O–H groups in total. The van der Waals surface area contributed by atoms with Gasteiger partial charge in [-0.3, -0.25) is 4.68 Å². The normalized spacial score (nSPS) is 14.7. The molecule has 0 fully saturated rings. The third-order valence-electron chi connectivity index (χ3n) is 3.43. The predicted molar refractivity (Wildman–Crippen MR) is 77.0 cm³/mol. The Labute approximate surface area is 113 Å². The molecular formula is C14H21N3S. The number of aromatic nitrogens is 2. The molecular weight excluding hydrogens is 242 g/mol. The van der Waals surface area contributed by atoms with Crippen molar-refractivity contribution in [1.29, 1.82) is 0 Å². The van der Waals surface area contributed by atoms with Crippen molar-refractivity contribution in [3.63, 3.8) is 0 Å². The maximum atomic E-state index is 4.30. The number of hydrogen-bond acceptors (Lipinski definition) is 3. The molecule has 0 amide bonds. The lowest BCUT2D eigenvalue weighted by Gasteiger charge is -2.19. The Morgan fingerprint density at radius 3 is 2.44 bits per heavy atom. The van der Waals surface area contributed by atoms with Crippen molar-refractivity contribution in [3.05, 3.63) is 39.3 Å². The number of aryl methyl sites for hydroxylation is 2. The van der Waals surface area contributed by atoms with Gasteiger partial charge in [0.2, 0.25) is 0 Å². The summed E-state index contributed by atoms with van der Waals surface area (Å²) in [4.78, 5) is 2.75. The fourth-order valence-electron chi connectivity index (χ4n) is 2.17. The molecule has 2 unspecified atom stereocenters. The van der Waals surface area contributed by atoms with Crippen LogP contribution in [-0.2, 0) is 7.05 Å². The second-order valence-electron chi connectivity index (χ2n) is 4.87. The van der Waals surface area contributed by atoms with Gasteiger partial charge in [-0.2, -0.15) is 5.10 Å². The maximum Gasteiger partial charge on any atom is 0.0540 e. The SMILES string of the molecule is Cc1ccc(C(C)NC(C)c2cnn(C)c2C)s1. The van der Waals surface area contributed by atoms with Crippen LogP contribution >= 0.6 is 11.3 Å². The smallest absolute Gasteiger partial charge is 0.0540 e. The summed E-state index contributed by atoms with van der Waals surface area (Å²) in [6, 6.07) is 5.08. The van der Waals surface area contributed by atoms with Gasteiger partial charge in [-0.05, 0) is 39.8 Å². The Morgan fingerprint density at radius 2 is 1.94 bits per heavy atom. The number of hydrogen-bond donors (Lipinski definition) is 1. The zero-order valence-corrected chi connectivity index (χ0v) is 12.5. The van der Waals surface area contributed by atoms with Crippen molar-refractivity contribution >= 4 is 11.3 Å². The molecule has 0 bridgehead atoms. The van der Waals surface area contributed by atoms with Crippen molar-refractivity contribution in [2.24, 2.45) is 7.05 Å². The standard InChI is InChI=1S/C14H21N3S/c1-9-6-7-14(18-9)11(3)16-10(2)13-8-15-17(5)12(13)4/h6-8,10-11,16H,1-5H3. The second-order valence-corrected chi connectivity index (χ2v) is 6.19. The molecule has 18 heavy (non-hydrogen) atoms. The minimum atomic E-state index is 0.316. The average molecular weight is 263 g/mol. The number of nitrogens with one attached hydrogen (secondary N) is 1. The van der Waals surface area contributed by atoms with Crippen LogP contribution in [0.3, 0.4) is 0 Å². The third-order valence-corrected chi connectivity index (χ3v) is 4.61. The van der Waals surface area contributed by atoms with Crippen molar-refractivity contribution < 1.29 is 0 Å². The van der Waals surface area contributed by atoms with E-state index in [-0.39, 0.29) is 0 Å². The van der Waals surface area contributed by atoms with E-state index >= 15 is 0 Å². The molecule has 0 saturated heterocycles. The van der Waals surface area contributed by atoms with Crippen LogP contribution in [0.15, 0.2) is 18.3 Å². The van der Waals surface area contributed by atoms with E-state index in [0.717, 1.165) is 0 Å². The molecule has 0 radical (unpaired) electrons. The summed E-state index contributed by atoms with van der Waals surface area (Å²) < 4.78 is 1.92. The minimum Gasteiger partial charge on any atom is -0.303 e. The first kappa shape index (κ1) is 13.3. The van der Waals surface area contributed by atoms with Gasteiger partial charge < -0.3 is 5.32 Å². The van der Waals surface area contributed by atoms with Crippen LogP contribution in [0.4, 0.5) is 0 Å². The highest BCUT2D eigenvalue weighted by Gasteiger charge is 2.15. The van der Waals surface area contributed by atoms with Crippen LogP contribution < -0.4 is 5.32 Å². The zero-order valence-electron chi connectivity index (χ0n) is 11.7. The van der Waals surface area contributed by atoms with Crippen LogP contribution in [-0.4, -0.2) is 9.78 Å². The molecule has 98 valence electrons. The predicted octanol–water partition coefficient (Wildman–Crippen LogP) is 3.51. The molecule has 2 rings (SSSR count). The average Bonchev–Trinajstić information content (AvgIpc) is 2.87. The lowest BCUT2D eigenvalue weighted by atomic mass is 10.1. The van der Waals surface area contributed by atoms with Gasteiger partial charge in [0.05, 0.1) is 6.20 Å². The number of nitrogens with zero attached hydrogens (tertiary/aromatic N) is 2. The highest BCUT2D eigenvalue weighted by atomic mass is 32.1. The molecule has 2 heterocycles. The molecule has 0 saturated carbocycles. The maximum absolute atomic E-state index is 4.30. The van der Waals surface area contributed by atoms with Gasteiger partial charge in [0, 0.05) is 40.1 Å². The Morgan fingerprint density at radius 1 is 1.22 bits per heavy atom. The van der Waals surface area contributed by atoms with E-state index in [1.807, 2.05) is 29.3 Å². The van der Waals surface area contributed by atoms with Gasteiger partial charge >= 0.3 is 0 Å². The first-order valence-corrected chi connectivity index (χ1v) is 7.11. The summed E-state index contributed by atoms with van der Waals surface area (Å²) in [5.41, 5.74) is 2.50. The summed E-state index contributed by atoms with van der Waals surface area (Å²) in [5.74, 6) is 0. The van der Waals surface area contributed by atoms with E-state index in [0.29, 0.717) is 12.1 Å². The van der Waals surface area contributed by atoms with E-state index in [1.165, 1.54) is 21.0 Å². The van der Waals surface area contributed by atoms with Crippen LogP contribution in [0.5, 0.6) is 0 Å². The van der Waals surface area contributed by atoms with E-state index in [9.17, 15) is 0 Å². The van der Waals surface area contributed by atoms with E-state index < -0.39 is 0 Å². The monoisotopic (exact) mass is 263 g/mol. The van der Waals surface area contributed by atoms with E-state index in [1.54, 1.807) is 0 Å². The van der Waals surface area contributed by atoms with Crippen LogP contribution in [0.1, 0.15) is 46.9 Å². The quantitative estimate of drug-likeness (QED) is 0.915. The fourth-order valence-corrected chi connectivity index (χ4v) is 3.06. The Bertz CT molecular complexity index is 527. The fraction of sp³-hybridized carbons (Fsp3) is 0.500.